The highest BCUT2D eigenvalue weighted by atomic mass is 16.5. The van der Waals surface area contributed by atoms with Crippen molar-refractivity contribution in [2.75, 3.05) is 7.11 Å². The molecule has 0 bridgehead atoms. The van der Waals surface area contributed by atoms with Gasteiger partial charge in [0.15, 0.2) is 11.9 Å². The monoisotopic (exact) mass is 315 g/mol. The van der Waals surface area contributed by atoms with E-state index >= 15 is 0 Å². The van der Waals surface area contributed by atoms with Crippen LogP contribution in [0.3, 0.4) is 0 Å². The minimum atomic E-state index is -0.744. The highest BCUT2D eigenvalue weighted by Gasteiger charge is 2.31. The first kappa shape index (κ1) is 15.6. The molecule has 3 rings (SSSR count). The lowest BCUT2D eigenvalue weighted by atomic mass is 10.1. The summed E-state index contributed by atoms with van der Waals surface area (Å²) in [5, 5.41) is 0.814. The summed E-state index contributed by atoms with van der Waals surface area (Å²) in [6.07, 6.45) is 1.50. The number of carbonyl (C=O) groups is 2. The van der Waals surface area contributed by atoms with Crippen LogP contribution in [0, 0.1) is 6.92 Å². The van der Waals surface area contributed by atoms with Gasteiger partial charge in [0.2, 0.25) is 0 Å². The Balaban J connectivity index is 2.12. The predicted octanol–water partition coefficient (Wildman–Crippen LogP) is 3.43. The topological polar surface area (TPSA) is 57.5 Å². The van der Waals surface area contributed by atoms with Gasteiger partial charge in [-0.15, -0.1) is 0 Å². The van der Waals surface area contributed by atoms with Crippen LogP contribution >= 0.6 is 0 Å². The summed E-state index contributed by atoms with van der Waals surface area (Å²) in [7, 11) is 1.60. The molecule has 0 radical (unpaired) electrons. The van der Waals surface area contributed by atoms with Gasteiger partial charge in [-0.2, -0.15) is 0 Å². The number of carbonyl (C=O) groups excluding carboxylic acids is 2. The Kier molecular flexibility index (Phi) is 3.88. The number of rotatable bonds is 5. The zero-order valence-electron chi connectivity index (χ0n) is 13.9. The van der Waals surface area contributed by atoms with Crippen LogP contribution in [0.15, 0.2) is 18.2 Å². The molecule has 1 saturated carbocycles. The molecule has 1 heterocycles. The molecule has 1 atom stereocenters. The normalized spacial score (nSPS) is 15.5. The molecule has 5 nitrogen and oxygen atoms in total. The molecular formula is C18H21NO4. The third-order valence-corrected chi connectivity index (χ3v) is 4.43. The second-order valence-corrected chi connectivity index (χ2v) is 6.10. The first-order valence-corrected chi connectivity index (χ1v) is 7.84. The number of aromatic nitrogens is 1. The fourth-order valence-electron chi connectivity index (χ4n) is 2.91. The zero-order chi connectivity index (χ0) is 16.7. The van der Waals surface area contributed by atoms with E-state index < -0.39 is 12.1 Å². The Morgan fingerprint density at radius 1 is 1.30 bits per heavy atom. The maximum Gasteiger partial charge on any atom is 0.341 e. The summed E-state index contributed by atoms with van der Waals surface area (Å²) in [4.78, 5) is 24.0. The van der Waals surface area contributed by atoms with Gasteiger partial charge in [0.05, 0.1) is 12.7 Å². The van der Waals surface area contributed by atoms with Gasteiger partial charge in [-0.3, -0.25) is 4.79 Å². The van der Waals surface area contributed by atoms with Crippen molar-refractivity contribution >= 4 is 22.7 Å². The number of ether oxygens (including phenoxy) is 2. The van der Waals surface area contributed by atoms with E-state index in [1.54, 1.807) is 14.0 Å². The Morgan fingerprint density at radius 3 is 2.57 bits per heavy atom. The van der Waals surface area contributed by atoms with Crippen LogP contribution in [0.5, 0.6) is 5.75 Å². The van der Waals surface area contributed by atoms with Gasteiger partial charge >= 0.3 is 5.97 Å². The summed E-state index contributed by atoms with van der Waals surface area (Å²) >= 11 is 0. The number of Topliss-reactive ketones (excluding diaryl/α,β-unsaturated/α-hetero) is 1. The fraction of sp³-hybridized carbons (Fsp3) is 0.444. The third-order valence-electron chi connectivity index (χ3n) is 4.43. The lowest BCUT2D eigenvalue weighted by Crippen LogP contribution is -2.22. The van der Waals surface area contributed by atoms with Gasteiger partial charge < -0.3 is 14.0 Å². The second-order valence-electron chi connectivity index (χ2n) is 6.10. The average molecular weight is 315 g/mol. The number of hydrogen-bond acceptors (Lipinski definition) is 4. The maximum atomic E-state index is 12.6. The molecule has 1 aliphatic carbocycles. The van der Waals surface area contributed by atoms with Crippen LogP contribution in [-0.4, -0.2) is 29.5 Å². The van der Waals surface area contributed by atoms with Gasteiger partial charge in [-0.05, 0) is 51.8 Å². The van der Waals surface area contributed by atoms with Crippen molar-refractivity contribution in [3.63, 3.8) is 0 Å². The van der Waals surface area contributed by atoms with Crippen LogP contribution in [0.25, 0.3) is 10.9 Å². The highest BCUT2D eigenvalue weighted by molar-refractivity contribution is 6.07. The highest BCUT2D eigenvalue weighted by Crippen LogP contribution is 2.42. The van der Waals surface area contributed by atoms with Gasteiger partial charge in [-0.25, -0.2) is 4.79 Å². The van der Waals surface area contributed by atoms with E-state index in [0.29, 0.717) is 17.4 Å². The Hall–Kier alpha value is -2.30. The number of ketones is 1. The van der Waals surface area contributed by atoms with Crippen LogP contribution in [-0.2, 0) is 9.53 Å². The van der Waals surface area contributed by atoms with E-state index in [9.17, 15) is 9.59 Å². The van der Waals surface area contributed by atoms with Crippen LogP contribution in [0.4, 0.5) is 0 Å². The molecule has 0 saturated heterocycles. The van der Waals surface area contributed by atoms with Crippen LogP contribution < -0.4 is 4.74 Å². The van der Waals surface area contributed by atoms with Crippen LogP contribution in [0.1, 0.15) is 48.8 Å². The minimum Gasteiger partial charge on any atom is -0.497 e. The summed E-state index contributed by atoms with van der Waals surface area (Å²) < 4.78 is 12.8. The quantitative estimate of drug-likeness (QED) is 0.793. The number of hydrogen-bond donors (Lipinski definition) is 0. The lowest BCUT2D eigenvalue weighted by molar-refractivity contribution is -0.124. The number of benzene rings is 1. The Morgan fingerprint density at radius 2 is 2.00 bits per heavy atom. The largest absolute Gasteiger partial charge is 0.497 e. The van der Waals surface area contributed by atoms with E-state index in [0.717, 1.165) is 29.4 Å². The minimum absolute atomic E-state index is 0.167. The van der Waals surface area contributed by atoms with E-state index in [-0.39, 0.29) is 5.78 Å². The van der Waals surface area contributed by atoms with E-state index in [1.165, 1.54) is 6.92 Å². The molecule has 23 heavy (non-hydrogen) atoms. The predicted molar refractivity (Wildman–Crippen MR) is 87.1 cm³/mol. The van der Waals surface area contributed by atoms with Crippen LogP contribution in [0.2, 0.25) is 0 Å². The van der Waals surface area contributed by atoms with E-state index in [1.807, 2.05) is 25.1 Å². The first-order chi connectivity index (χ1) is 10.9. The summed E-state index contributed by atoms with van der Waals surface area (Å²) in [6.45, 7) is 4.94. The summed E-state index contributed by atoms with van der Waals surface area (Å²) in [6, 6.07) is 6.17. The van der Waals surface area contributed by atoms with Gasteiger partial charge in [0, 0.05) is 22.6 Å². The Bertz CT molecular complexity index is 786. The summed E-state index contributed by atoms with van der Waals surface area (Å²) in [5.41, 5.74) is 2.42. The molecule has 1 fully saturated rings. The number of fused-ring (bicyclic) bond motifs is 1. The average Bonchev–Trinajstić information content (AvgIpc) is 3.29. The lowest BCUT2D eigenvalue weighted by Gasteiger charge is -2.10. The zero-order valence-corrected chi connectivity index (χ0v) is 13.9. The molecule has 1 aromatic heterocycles. The van der Waals surface area contributed by atoms with Gasteiger partial charge in [-0.1, -0.05) is 0 Å². The molecule has 1 unspecified atom stereocenters. The van der Waals surface area contributed by atoms with Crippen molar-refractivity contribution < 1.29 is 19.1 Å². The van der Waals surface area contributed by atoms with Crippen molar-refractivity contribution in [1.82, 2.24) is 4.57 Å². The molecule has 1 aliphatic rings. The molecule has 0 aliphatic heterocycles. The maximum absolute atomic E-state index is 12.6. The van der Waals surface area contributed by atoms with Gasteiger partial charge in [0.1, 0.15) is 5.75 Å². The second kappa shape index (κ2) is 5.72. The molecular weight excluding hydrogens is 294 g/mol. The molecule has 0 N–H and O–H groups in total. The number of esters is 1. The van der Waals surface area contributed by atoms with Crippen molar-refractivity contribution in [2.45, 2.75) is 45.8 Å². The fourth-order valence-corrected chi connectivity index (χ4v) is 2.91. The van der Waals surface area contributed by atoms with E-state index in [2.05, 4.69) is 4.57 Å². The molecule has 122 valence electrons. The summed E-state index contributed by atoms with van der Waals surface area (Å²) in [5.74, 6) is 0.0708. The van der Waals surface area contributed by atoms with Crippen molar-refractivity contribution in [2.24, 2.45) is 0 Å². The Labute approximate surface area is 135 Å². The van der Waals surface area contributed by atoms with Crippen molar-refractivity contribution in [3.8, 4) is 5.75 Å². The number of methoxy groups -OCH3 is 1. The van der Waals surface area contributed by atoms with Gasteiger partial charge in [0.25, 0.3) is 0 Å². The van der Waals surface area contributed by atoms with E-state index in [4.69, 9.17) is 9.47 Å². The smallest absolute Gasteiger partial charge is 0.341 e. The molecule has 0 spiro atoms. The first-order valence-electron chi connectivity index (χ1n) is 7.84. The SMILES string of the molecule is COc1ccc2c(c1)c(C(=O)OC(C)C(C)=O)c(C)n2C1CC1. The molecule has 0 amide bonds. The van der Waals surface area contributed by atoms with Crippen molar-refractivity contribution in [1.29, 1.82) is 0 Å². The van der Waals surface area contributed by atoms with Crippen molar-refractivity contribution in [3.05, 3.63) is 29.5 Å². The number of nitrogens with zero attached hydrogens (tertiary/aromatic N) is 1. The molecule has 2 aromatic rings. The standard InChI is InChI=1S/C18H21NO4/c1-10-17(18(21)23-12(3)11(2)20)15-9-14(22-4)7-8-16(15)19(10)13-5-6-13/h7-9,12-13H,5-6H2,1-4H3. The third kappa shape index (κ3) is 2.71. The molecule has 1 aromatic carbocycles. The molecule has 5 heteroatoms.